The molecule has 28 heavy (non-hydrogen) atoms. The SMILES string of the molecule is CN=C(NCc1cccnc1OCCOC)N1CCC(Cc2ccccc2)C1. The van der Waals surface area contributed by atoms with Crippen molar-refractivity contribution in [1.29, 1.82) is 0 Å². The summed E-state index contributed by atoms with van der Waals surface area (Å²) in [4.78, 5) is 11.2. The molecule has 1 N–H and O–H groups in total. The van der Waals surface area contributed by atoms with Gasteiger partial charge in [-0.1, -0.05) is 36.4 Å². The summed E-state index contributed by atoms with van der Waals surface area (Å²) >= 11 is 0. The molecule has 0 amide bonds. The van der Waals surface area contributed by atoms with Crippen molar-refractivity contribution in [2.45, 2.75) is 19.4 Å². The molecule has 1 aliphatic heterocycles. The van der Waals surface area contributed by atoms with Crippen molar-refractivity contribution in [3.8, 4) is 5.88 Å². The number of benzene rings is 1. The van der Waals surface area contributed by atoms with Gasteiger partial charge in [-0.05, 0) is 30.4 Å². The number of nitrogens with zero attached hydrogens (tertiary/aromatic N) is 3. The lowest BCUT2D eigenvalue weighted by Crippen LogP contribution is -2.39. The van der Waals surface area contributed by atoms with Gasteiger partial charge < -0.3 is 19.7 Å². The third-order valence-electron chi connectivity index (χ3n) is 4.98. The minimum atomic E-state index is 0.489. The summed E-state index contributed by atoms with van der Waals surface area (Å²) < 4.78 is 10.8. The smallest absolute Gasteiger partial charge is 0.218 e. The monoisotopic (exact) mass is 382 g/mol. The third-order valence-corrected chi connectivity index (χ3v) is 4.98. The summed E-state index contributed by atoms with van der Waals surface area (Å²) in [6.07, 6.45) is 4.05. The van der Waals surface area contributed by atoms with Gasteiger partial charge in [0.1, 0.15) is 6.61 Å². The summed E-state index contributed by atoms with van der Waals surface area (Å²) in [6.45, 7) is 3.72. The Morgan fingerprint density at radius 2 is 2.07 bits per heavy atom. The van der Waals surface area contributed by atoms with Crippen LogP contribution in [0.4, 0.5) is 0 Å². The first-order valence-electron chi connectivity index (χ1n) is 9.85. The third kappa shape index (κ3) is 5.70. The maximum atomic E-state index is 5.72. The fourth-order valence-electron chi connectivity index (χ4n) is 3.56. The second-order valence-corrected chi connectivity index (χ2v) is 7.00. The first kappa shape index (κ1) is 20.1. The van der Waals surface area contributed by atoms with Crippen LogP contribution in [0, 0.1) is 5.92 Å². The van der Waals surface area contributed by atoms with Gasteiger partial charge in [-0.15, -0.1) is 0 Å². The van der Waals surface area contributed by atoms with Crippen molar-refractivity contribution in [3.05, 3.63) is 59.8 Å². The molecule has 2 aromatic rings. The summed E-state index contributed by atoms with van der Waals surface area (Å²) in [7, 11) is 3.50. The number of ether oxygens (including phenoxy) is 2. The maximum Gasteiger partial charge on any atom is 0.218 e. The zero-order valence-corrected chi connectivity index (χ0v) is 16.8. The highest BCUT2D eigenvalue weighted by Crippen LogP contribution is 2.21. The minimum Gasteiger partial charge on any atom is -0.475 e. The van der Waals surface area contributed by atoms with Gasteiger partial charge >= 0.3 is 0 Å². The molecule has 1 aliphatic rings. The van der Waals surface area contributed by atoms with Crippen molar-refractivity contribution in [2.75, 3.05) is 40.5 Å². The fraction of sp³-hybridized carbons (Fsp3) is 0.455. The van der Waals surface area contributed by atoms with E-state index in [0.717, 1.165) is 31.0 Å². The Morgan fingerprint density at radius 3 is 2.86 bits per heavy atom. The van der Waals surface area contributed by atoms with Crippen LogP contribution >= 0.6 is 0 Å². The normalized spacial score (nSPS) is 17.0. The first-order chi connectivity index (χ1) is 13.8. The van der Waals surface area contributed by atoms with E-state index < -0.39 is 0 Å². The Hall–Kier alpha value is -2.60. The summed E-state index contributed by atoms with van der Waals surface area (Å²) in [5.74, 6) is 2.24. The number of rotatable bonds is 8. The summed E-state index contributed by atoms with van der Waals surface area (Å²) in [6, 6.07) is 14.7. The van der Waals surface area contributed by atoms with Crippen LogP contribution in [0.2, 0.25) is 0 Å². The minimum absolute atomic E-state index is 0.489. The molecule has 2 heterocycles. The van der Waals surface area contributed by atoms with Gasteiger partial charge in [0.25, 0.3) is 0 Å². The van der Waals surface area contributed by atoms with Crippen LogP contribution in [0.25, 0.3) is 0 Å². The molecular formula is C22H30N4O2. The van der Waals surface area contributed by atoms with Gasteiger partial charge in [0.15, 0.2) is 5.96 Å². The van der Waals surface area contributed by atoms with Crippen LogP contribution in [0.15, 0.2) is 53.7 Å². The molecule has 150 valence electrons. The van der Waals surface area contributed by atoms with Crippen LogP contribution in [-0.2, 0) is 17.7 Å². The average Bonchev–Trinajstić information content (AvgIpc) is 3.18. The largest absolute Gasteiger partial charge is 0.475 e. The van der Waals surface area contributed by atoms with E-state index in [2.05, 4.69) is 50.5 Å². The van der Waals surface area contributed by atoms with E-state index in [-0.39, 0.29) is 0 Å². The topological polar surface area (TPSA) is 59.0 Å². The molecule has 1 saturated heterocycles. The number of likely N-dealkylation sites (tertiary alicyclic amines) is 1. The molecule has 1 fully saturated rings. The van der Waals surface area contributed by atoms with Gasteiger partial charge in [0.2, 0.25) is 5.88 Å². The molecule has 0 aliphatic carbocycles. The number of hydrogen-bond acceptors (Lipinski definition) is 4. The zero-order chi connectivity index (χ0) is 19.6. The fourth-order valence-corrected chi connectivity index (χ4v) is 3.56. The number of aliphatic imine (C=N–C) groups is 1. The van der Waals surface area contributed by atoms with E-state index in [0.29, 0.717) is 31.6 Å². The Bertz CT molecular complexity index is 751. The van der Waals surface area contributed by atoms with Crippen molar-refractivity contribution in [1.82, 2.24) is 15.2 Å². The van der Waals surface area contributed by atoms with Gasteiger partial charge in [-0.25, -0.2) is 4.98 Å². The zero-order valence-electron chi connectivity index (χ0n) is 16.8. The number of guanidine groups is 1. The van der Waals surface area contributed by atoms with E-state index in [1.54, 1.807) is 13.3 Å². The molecule has 0 radical (unpaired) electrons. The lowest BCUT2D eigenvalue weighted by atomic mass is 9.99. The van der Waals surface area contributed by atoms with E-state index in [9.17, 15) is 0 Å². The Morgan fingerprint density at radius 1 is 1.21 bits per heavy atom. The predicted molar refractivity (Wildman–Crippen MR) is 112 cm³/mol. The molecular weight excluding hydrogens is 352 g/mol. The molecule has 3 rings (SSSR count). The Balaban J connectivity index is 1.53. The highest BCUT2D eigenvalue weighted by atomic mass is 16.5. The molecule has 1 atom stereocenters. The summed E-state index contributed by atoms with van der Waals surface area (Å²) in [5.41, 5.74) is 2.42. The van der Waals surface area contributed by atoms with E-state index in [4.69, 9.17) is 9.47 Å². The first-order valence-corrected chi connectivity index (χ1v) is 9.85. The van der Waals surface area contributed by atoms with Gasteiger partial charge in [-0.3, -0.25) is 4.99 Å². The molecule has 1 unspecified atom stereocenters. The molecule has 1 aromatic carbocycles. The molecule has 6 nitrogen and oxygen atoms in total. The van der Waals surface area contributed by atoms with Crippen molar-refractivity contribution >= 4 is 5.96 Å². The molecule has 0 bridgehead atoms. The summed E-state index contributed by atoms with van der Waals surface area (Å²) in [5, 5.41) is 3.47. The van der Waals surface area contributed by atoms with E-state index in [1.807, 2.05) is 19.2 Å². The lowest BCUT2D eigenvalue weighted by molar-refractivity contribution is 0.143. The number of pyridine rings is 1. The number of nitrogens with one attached hydrogen (secondary N) is 1. The van der Waals surface area contributed by atoms with Crippen LogP contribution in [0.1, 0.15) is 17.5 Å². The second-order valence-electron chi connectivity index (χ2n) is 7.00. The maximum absolute atomic E-state index is 5.72. The average molecular weight is 383 g/mol. The van der Waals surface area contributed by atoms with Gasteiger partial charge in [-0.2, -0.15) is 0 Å². The lowest BCUT2D eigenvalue weighted by Gasteiger charge is -2.22. The van der Waals surface area contributed by atoms with E-state index >= 15 is 0 Å². The molecule has 0 saturated carbocycles. The molecule has 0 spiro atoms. The predicted octanol–water partition coefficient (Wildman–Crippen LogP) is 2.75. The highest BCUT2D eigenvalue weighted by molar-refractivity contribution is 5.80. The van der Waals surface area contributed by atoms with Crippen LogP contribution < -0.4 is 10.1 Å². The van der Waals surface area contributed by atoms with Crippen molar-refractivity contribution in [2.24, 2.45) is 10.9 Å². The molecule has 1 aromatic heterocycles. The Kier molecular flexibility index (Phi) is 7.67. The molecule has 6 heteroatoms. The van der Waals surface area contributed by atoms with Crippen molar-refractivity contribution in [3.63, 3.8) is 0 Å². The van der Waals surface area contributed by atoms with Crippen LogP contribution in [-0.4, -0.2) is 56.3 Å². The number of aromatic nitrogens is 1. The van der Waals surface area contributed by atoms with Crippen LogP contribution in [0.3, 0.4) is 0 Å². The number of hydrogen-bond donors (Lipinski definition) is 1. The van der Waals surface area contributed by atoms with Gasteiger partial charge in [0.05, 0.1) is 6.61 Å². The number of methoxy groups -OCH3 is 1. The standard InChI is InChI=1S/C22H30N4O2/c1-23-22(25-16-20-9-6-11-24-21(20)28-14-13-27-2)26-12-10-19(17-26)15-18-7-4-3-5-8-18/h3-9,11,19H,10,12-17H2,1-2H3,(H,23,25). The van der Waals surface area contributed by atoms with Crippen molar-refractivity contribution < 1.29 is 9.47 Å². The highest BCUT2D eigenvalue weighted by Gasteiger charge is 2.25. The van der Waals surface area contributed by atoms with Gasteiger partial charge in [0, 0.05) is 45.6 Å². The Labute approximate surface area is 167 Å². The van der Waals surface area contributed by atoms with Crippen LogP contribution in [0.5, 0.6) is 5.88 Å². The second kappa shape index (κ2) is 10.7. The quantitative estimate of drug-likeness (QED) is 0.432. The van der Waals surface area contributed by atoms with E-state index in [1.165, 1.54) is 12.0 Å².